The predicted molar refractivity (Wildman–Crippen MR) is 83.4 cm³/mol. The number of hydrogen-bond acceptors (Lipinski definition) is 2. The summed E-state index contributed by atoms with van der Waals surface area (Å²) in [6, 6.07) is 9.36. The lowest BCUT2D eigenvalue weighted by Gasteiger charge is -2.16. The van der Waals surface area contributed by atoms with Crippen molar-refractivity contribution in [3.8, 4) is 0 Å². The molecule has 2 rings (SSSR count). The number of benzene rings is 1. The highest BCUT2D eigenvalue weighted by molar-refractivity contribution is 9.11. The van der Waals surface area contributed by atoms with Crippen LogP contribution in [0.1, 0.15) is 28.3 Å². The van der Waals surface area contributed by atoms with Gasteiger partial charge in [0.05, 0.1) is 3.79 Å². The van der Waals surface area contributed by atoms with Gasteiger partial charge >= 0.3 is 0 Å². The molecule has 0 aliphatic rings. The SMILES string of the molecule is CNC(Cc1cc(C)cc(C)c1)c1csc(Br)c1. The van der Waals surface area contributed by atoms with E-state index in [-0.39, 0.29) is 0 Å². The number of aryl methyl sites for hydroxylation is 2. The Bertz CT molecular complexity index is 513. The Labute approximate surface area is 121 Å². The number of thiophene rings is 1. The van der Waals surface area contributed by atoms with Crippen LogP contribution in [0.4, 0.5) is 0 Å². The summed E-state index contributed by atoms with van der Waals surface area (Å²) in [6.07, 6.45) is 1.03. The van der Waals surface area contributed by atoms with Gasteiger partial charge in [-0.3, -0.25) is 0 Å². The first-order valence-corrected chi connectivity index (χ1v) is 7.74. The normalized spacial score (nSPS) is 12.7. The summed E-state index contributed by atoms with van der Waals surface area (Å²) in [5, 5.41) is 5.62. The van der Waals surface area contributed by atoms with E-state index in [2.05, 4.69) is 64.7 Å². The molecule has 3 heteroatoms. The molecular formula is C15H18BrNS. The average molecular weight is 324 g/mol. The first-order chi connectivity index (χ1) is 8.58. The number of halogens is 1. The largest absolute Gasteiger partial charge is 0.313 e. The molecule has 0 aliphatic carbocycles. The van der Waals surface area contributed by atoms with Crippen molar-refractivity contribution in [2.75, 3.05) is 7.05 Å². The maximum Gasteiger partial charge on any atom is 0.0701 e. The summed E-state index contributed by atoms with van der Waals surface area (Å²) in [5.74, 6) is 0. The Morgan fingerprint density at radius 3 is 2.33 bits per heavy atom. The van der Waals surface area contributed by atoms with Crippen molar-refractivity contribution in [2.24, 2.45) is 0 Å². The minimum absolute atomic E-state index is 0.383. The van der Waals surface area contributed by atoms with Crippen LogP contribution in [0, 0.1) is 13.8 Å². The number of nitrogens with one attached hydrogen (secondary N) is 1. The third-order valence-corrected chi connectivity index (χ3v) is 4.58. The molecule has 96 valence electrons. The number of rotatable bonds is 4. The summed E-state index contributed by atoms with van der Waals surface area (Å²) in [4.78, 5) is 0. The van der Waals surface area contributed by atoms with E-state index in [1.54, 1.807) is 11.3 Å². The molecule has 1 unspecified atom stereocenters. The average Bonchev–Trinajstić information content (AvgIpc) is 2.71. The first-order valence-electron chi connectivity index (χ1n) is 6.07. The van der Waals surface area contributed by atoms with Gasteiger partial charge in [0.2, 0.25) is 0 Å². The zero-order valence-corrected chi connectivity index (χ0v) is 13.4. The van der Waals surface area contributed by atoms with Crippen LogP contribution >= 0.6 is 27.3 Å². The quantitative estimate of drug-likeness (QED) is 0.864. The predicted octanol–water partition coefficient (Wildman–Crippen LogP) is 4.63. The second kappa shape index (κ2) is 6.00. The lowest BCUT2D eigenvalue weighted by atomic mass is 9.98. The van der Waals surface area contributed by atoms with Gasteiger partial charge in [-0.15, -0.1) is 11.3 Å². The van der Waals surface area contributed by atoms with E-state index in [4.69, 9.17) is 0 Å². The van der Waals surface area contributed by atoms with Crippen molar-refractivity contribution in [3.63, 3.8) is 0 Å². The Kier molecular flexibility index (Phi) is 4.60. The fraction of sp³-hybridized carbons (Fsp3) is 0.333. The lowest BCUT2D eigenvalue weighted by Crippen LogP contribution is -2.18. The molecule has 0 spiro atoms. The van der Waals surface area contributed by atoms with E-state index in [1.807, 2.05) is 7.05 Å². The zero-order chi connectivity index (χ0) is 13.1. The molecule has 1 nitrogen and oxygen atoms in total. The molecule has 0 amide bonds. The molecule has 0 bridgehead atoms. The number of likely N-dealkylation sites (N-methyl/N-ethyl adjacent to an activating group) is 1. The number of hydrogen-bond donors (Lipinski definition) is 1. The Balaban J connectivity index is 2.20. The highest BCUT2D eigenvalue weighted by atomic mass is 79.9. The van der Waals surface area contributed by atoms with Crippen molar-refractivity contribution >= 4 is 27.3 Å². The monoisotopic (exact) mass is 323 g/mol. The molecule has 0 radical (unpaired) electrons. The van der Waals surface area contributed by atoms with Crippen molar-refractivity contribution in [2.45, 2.75) is 26.3 Å². The summed E-state index contributed by atoms with van der Waals surface area (Å²) in [6.45, 7) is 4.32. The Morgan fingerprint density at radius 1 is 1.17 bits per heavy atom. The zero-order valence-electron chi connectivity index (χ0n) is 11.0. The molecule has 0 saturated heterocycles. The van der Waals surface area contributed by atoms with E-state index in [9.17, 15) is 0 Å². The first kappa shape index (κ1) is 13.8. The Hall–Kier alpha value is -0.640. The summed E-state index contributed by atoms with van der Waals surface area (Å²) in [7, 11) is 2.03. The van der Waals surface area contributed by atoms with Gasteiger partial charge in [0.15, 0.2) is 0 Å². The molecule has 1 atom stereocenters. The minimum atomic E-state index is 0.383. The van der Waals surface area contributed by atoms with Crippen LogP contribution in [0.2, 0.25) is 0 Å². The topological polar surface area (TPSA) is 12.0 Å². The molecule has 0 fully saturated rings. The summed E-state index contributed by atoms with van der Waals surface area (Å²) < 4.78 is 1.19. The molecule has 1 heterocycles. The molecule has 1 N–H and O–H groups in total. The maximum atomic E-state index is 3.53. The van der Waals surface area contributed by atoms with Crippen molar-refractivity contribution in [3.05, 3.63) is 55.7 Å². The van der Waals surface area contributed by atoms with E-state index in [0.29, 0.717) is 6.04 Å². The second-order valence-electron chi connectivity index (χ2n) is 4.73. The smallest absolute Gasteiger partial charge is 0.0701 e. The van der Waals surface area contributed by atoms with Crippen LogP contribution in [0.25, 0.3) is 0 Å². The molecule has 2 aromatic rings. The van der Waals surface area contributed by atoms with E-state index >= 15 is 0 Å². The highest BCUT2D eigenvalue weighted by Crippen LogP contribution is 2.27. The van der Waals surface area contributed by atoms with Crippen LogP contribution in [0.5, 0.6) is 0 Å². The van der Waals surface area contributed by atoms with E-state index in [0.717, 1.165) is 6.42 Å². The van der Waals surface area contributed by atoms with Crippen LogP contribution in [-0.2, 0) is 6.42 Å². The van der Waals surface area contributed by atoms with Gasteiger partial charge in [0, 0.05) is 6.04 Å². The fourth-order valence-corrected chi connectivity index (χ4v) is 3.55. The second-order valence-corrected chi connectivity index (χ2v) is 7.02. The van der Waals surface area contributed by atoms with Crippen LogP contribution < -0.4 is 5.32 Å². The molecule has 18 heavy (non-hydrogen) atoms. The molecule has 0 aliphatic heterocycles. The maximum absolute atomic E-state index is 3.53. The fourth-order valence-electron chi connectivity index (χ4n) is 2.32. The van der Waals surface area contributed by atoms with Crippen molar-refractivity contribution < 1.29 is 0 Å². The standard InChI is InChI=1S/C15H18BrNS/c1-10-4-11(2)6-12(5-10)7-14(17-3)13-8-15(16)18-9-13/h4-6,8-9,14,17H,7H2,1-3H3. The minimum Gasteiger partial charge on any atom is -0.313 e. The third kappa shape index (κ3) is 3.44. The van der Waals surface area contributed by atoms with Gasteiger partial charge in [-0.05, 0) is 65.8 Å². The van der Waals surface area contributed by atoms with E-state index < -0.39 is 0 Å². The molecule has 1 aromatic carbocycles. The lowest BCUT2D eigenvalue weighted by molar-refractivity contribution is 0.593. The molecular weight excluding hydrogens is 306 g/mol. The van der Waals surface area contributed by atoms with Gasteiger partial charge in [0.25, 0.3) is 0 Å². The third-order valence-electron chi connectivity index (χ3n) is 3.06. The molecule has 1 aromatic heterocycles. The van der Waals surface area contributed by atoms with Gasteiger partial charge < -0.3 is 5.32 Å². The van der Waals surface area contributed by atoms with Crippen LogP contribution in [-0.4, -0.2) is 7.05 Å². The Morgan fingerprint density at radius 2 is 1.83 bits per heavy atom. The highest BCUT2D eigenvalue weighted by Gasteiger charge is 2.12. The molecule has 0 saturated carbocycles. The van der Waals surface area contributed by atoms with Crippen LogP contribution in [0.15, 0.2) is 33.4 Å². The van der Waals surface area contributed by atoms with E-state index in [1.165, 1.54) is 26.0 Å². The summed E-state index contributed by atoms with van der Waals surface area (Å²) >= 11 is 5.27. The van der Waals surface area contributed by atoms with Gasteiger partial charge in [-0.2, -0.15) is 0 Å². The van der Waals surface area contributed by atoms with Crippen LogP contribution in [0.3, 0.4) is 0 Å². The van der Waals surface area contributed by atoms with Gasteiger partial charge in [0.1, 0.15) is 0 Å². The van der Waals surface area contributed by atoms with Gasteiger partial charge in [-0.1, -0.05) is 29.3 Å². The van der Waals surface area contributed by atoms with Crippen molar-refractivity contribution in [1.29, 1.82) is 0 Å². The van der Waals surface area contributed by atoms with Crippen molar-refractivity contribution in [1.82, 2.24) is 5.32 Å². The van der Waals surface area contributed by atoms with Gasteiger partial charge in [-0.25, -0.2) is 0 Å². The summed E-state index contributed by atoms with van der Waals surface area (Å²) in [5.41, 5.74) is 5.43.